The molecule has 152 valence electrons. The molecule has 0 fully saturated rings. The fourth-order valence-electron chi connectivity index (χ4n) is 4.55. The van der Waals surface area contributed by atoms with Gasteiger partial charge in [0.2, 0.25) is 0 Å². The van der Waals surface area contributed by atoms with Crippen LogP contribution in [0.15, 0.2) is 48.5 Å². The van der Waals surface area contributed by atoms with Gasteiger partial charge in [0.05, 0.1) is 5.56 Å². The van der Waals surface area contributed by atoms with Crippen LogP contribution in [0.25, 0.3) is 0 Å². The molecule has 0 bridgehead atoms. The average Bonchev–Trinajstić information content (AvgIpc) is 3.11. The number of hydrogen-bond donors (Lipinski definition) is 0. The molecule has 28 heavy (non-hydrogen) atoms. The molecule has 0 aliphatic heterocycles. The number of rotatable bonds is 8. The molecule has 0 heterocycles. The number of halogens is 3. The Morgan fingerprint density at radius 1 is 0.929 bits per heavy atom. The SMILES string of the molecule is CCN(CC)CCCC(c1ccc(C(F)(F)F)cc1)C1Cc2ccccc2C1. The molecule has 0 N–H and O–H groups in total. The zero-order valence-electron chi connectivity index (χ0n) is 16.8. The summed E-state index contributed by atoms with van der Waals surface area (Å²) in [6.07, 6.45) is -0.151. The Kier molecular flexibility index (Phi) is 6.82. The largest absolute Gasteiger partial charge is 0.416 e. The predicted octanol–water partition coefficient (Wildman–Crippen LogP) is 6.33. The molecule has 3 rings (SSSR count). The second-order valence-corrected chi connectivity index (χ2v) is 7.83. The summed E-state index contributed by atoms with van der Waals surface area (Å²) in [6, 6.07) is 14.4. The highest BCUT2D eigenvalue weighted by atomic mass is 19.4. The van der Waals surface area contributed by atoms with E-state index in [0.717, 1.165) is 50.9 Å². The van der Waals surface area contributed by atoms with Crippen LogP contribution in [0.3, 0.4) is 0 Å². The standard InChI is InChI=1S/C24H30F3N/c1-3-28(4-2)15-7-10-23(18-11-13-22(14-12-18)24(25,26)27)21-16-19-8-5-6-9-20(19)17-21/h5-6,8-9,11-14,21,23H,3-4,7,10,15-17H2,1-2H3. The molecule has 2 aromatic carbocycles. The molecular weight excluding hydrogens is 359 g/mol. The molecule has 0 radical (unpaired) electrons. The van der Waals surface area contributed by atoms with Crippen molar-refractivity contribution in [3.63, 3.8) is 0 Å². The minimum Gasteiger partial charge on any atom is -0.304 e. The van der Waals surface area contributed by atoms with Crippen LogP contribution < -0.4 is 0 Å². The van der Waals surface area contributed by atoms with Crippen LogP contribution >= 0.6 is 0 Å². The third-order valence-electron chi connectivity index (χ3n) is 6.20. The number of nitrogens with zero attached hydrogens (tertiary/aromatic N) is 1. The third-order valence-corrected chi connectivity index (χ3v) is 6.20. The normalized spacial score (nSPS) is 15.8. The summed E-state index contributed by atoms with van der Waals surface area (Å²) in [5, 5.41) is 0. The average molecular weight is 390 g/mol. The summed E-state index contributed by atoms with van der Waals surface area (Å²) in [7, 11) is 0. The first-order chi connectivity index (χ1) is 13.4. The number of benzene rings is 2. The van der Waals surface area contributed by atoms with Crippen molar-refractivity contribution in [2.75, 3.05) is 19.6 Å². The molecule has 1 aliphatic carbocycles. The molecule has 1 atom stereocenters. The van der Waals surface area contributed by atoms with E-state index in [9.17, 15) is 13.2 Å². The van der Waals surface area contributed by atoms with Gasteiger partial charge in [-0.3, -0.25) is 0 Å². The van der Waals surface area contributed by atoms with Crippen molar-refractivity contribution in [3.8, 4) is 0 Å². The quantitative estimate of drug-likeness (QED) is 0.510. The van der Waals surface area contributed by atoms with E-state index in [-0.39, 0.29) is 0 Å². The van der Waals surface area contributed by atoms with Crippen molar-refractivity contribution >= 4 is 0 Å². The van der Waals surface area contributed by atoms with E-state index in [1.54, 1.807) is 12.1 Å². The highest BCUT2D eigenvalue weighted by molar-refractivity contribution is 5.35. The number of fused-ring (bicyclic) bond motifs is 1. The molecule has 1 nitrogen and oxygen atoms in total. The minimum atomic E-state index is -4.28. The summed E-state index contributed by atoms with van der Waals surface area (Å²) >= 11 is 0. The van der Waals surface area contributed by atoms with Crippen molar-refractivity contribution in [2.24, 2.45) is 5.92 Å². The van der Waals surface area contributed by atoms with E-state index in [4.69, 9.17) is 0 Å². The first-order valence-corrected chi connectivity index (χ1v) is 10.4. The Labute approximate surface area is 166 Å². The summed E-state index contributed by atoms with van der Waals surface area (Å²) < 4.78 is 38.9. The van der Waals surface area contributed by atoms with Gasteiger partial charge in [0.1, 0.15) is 0 Å². The molecule has 4 heteroatoms. The maximum absolute atomic E-state index is 13.0. The van der Waals surface area contributed by atoms with E-state index in [2.05, 4.69) is 43.0 Å². The van der Waals surface area contributed by atoms with Gasteiger partial charge in [0, 0.05) is 0 Å². The molecular formula is C24H30F3N. The Balaban J connectivity index is 1.77. The number of alkyl halides is 3. The first-order valence-electron chi connectivity index (χ1n) is 10.4. The van der Waals surface area contributed by atoms with Crippen molar-refractivity contribution in [3.05, 3.63) is 70.8 Å². The van der Waals surface area contributed by atoms with Gasteiger partial charge in [-0.2, -0.15) is 13.2 Å². The third kappa shape index (κ3) is 4.96. The van der Waals surface area contributed by atoms with Crippen LogP contribution in [0.2, 0.25) is 0 Å². The molecule has 1 unspecified atom stereocenters. The van der Waals surface area contributed by atoms with Gasteiger partial charge in [-0.1, -0.05) is 50.2 Å². The van der Waals surface area contributed by atoms with Gasteiger partial charge < -0.3 is 4.90 Å². The molecule has 0 saturated heterocycles. The summed E-state index contributed by atoms with van der Waals surface area (Å²) in [4.78, 5) is 2.41. The van der Waals surface area contributed by atoms with Crippen LogP contribution in [0.1, 0.15) is 54.9 Å². The minimum absolute atomic E-state index is 0.297. The lowest BCUT2D eigenvalue weighted by molar-refractivity contribution is -0.137. The molecule has 0 saturated carbocycles. The Morgan fingerprint density at radius 2 is 1.50 bits per heavy atom. The van der Waals surface area contributed by atoms with Gasteiger partial charge in [-0.05, 0) is 86.0 Å². The molecule has 0 spiro atoms. The topological polar surface area (TPSA) is 3.24 Å². The lowest BCUT2D eigenvalue weighted by atomic mass is 9.80. The zero-order chi connectivity index (χ0) is 20.1. The fraction of sp³-hybridized carbons (Fsp3) is 0.500. The first kappa shape index (κ1) is 20.9. The number of hydrogen-bond acceptors (Lipinski definition) is 1. The van der Waals surface area contributed by atoms with Crippen molar-refractivity contribution < 1.29 is 13.2 Å². The van der Waals surface area contributed by atoms with E-state index in [1.165, 1.54) is 23.3 Å². The summed E-state index contributed by atoms with van der Waals surface area (Å²) in [5.74, 6) is 0.760. The highest BCUT2D eigenvalue weighted by Gasteiger charge is 2.32. The van der Waals surface area contributed by atoms with Crippen LogP contribution in [0, 0.1) is 5.92 Å². The molecule has 2 aromatic rings. The van der Waals surface area contributed by atoms with Gasteiger partial charge in [-0.25, -0.2) is 0 Å². The molecule has 0 amide bonds. The van der Waals surface area contributed by atoms with Gasteiger partial charge in [0.15, 0.2) is 0 Å². The second-order valence-electron chi connectivity index (χ2n) is 7.83. The lowest BCUT2D eigenvalue weighted by Crippen LogP contribution is -2.25. The van der Waals surface area contributed by atoms with Crippen LogP contribution in [0.4, 0.5) is 13.2 Å². The summed E-state index contributed by atoms with van der Waals surface area (Å²) in [5.41, 5.74) is 3.28. The van der Waals surface area contributed by atoms with Crippen LogP contribution in [0.5, 0.6) is 0 Å². The van der Waals surface area contributed by atoms with E-state index in [0.29, 0.717) is 11.8 Å². The lowest BCUT2D eigenvalue weighted by Gasteiger charge is -2.26. The maximum Gasteiger partial charge on any atom is 0.416 e. The van der Waals surface area contributed by atoms with Crippen LogP contribution in [-0.4, -0.2) is 24.5 Å². The smallest absolute Gasteiger partial charge is 0.304 e. The Bertz CT molecular complexity index is 722. The zero-order valence-corrected chi connectivity index (χ0v) is 16.8. The van der Waals surface area contributed by atoms with Crippen molar-refractivity contribution in [2.45, 2.75) is 51.6 Å². The van der Waals surface area contributed by atoms with E-state index in [1.807, 2.05) is 0 Å². The van der Waals surface area contributed by atoms with Crippen molar-refractivity contribution in [1.29, 1.82) is 0 Å². The predicted molar refractivity (Wildman–Crippen MR) is 109 cm³/mol. The Morgan fingerprint density at radius 3 is 2.00 bits per heavy atom. The summed E-state index contributed by atoms with van der Waals surface area (Å²) in [6.45, 7) is 7.46. The van der Waals surface area contributed by atoms with Crippen LogP contribution in [-0.2, 0) is 19.0 Å². The van der Waals surface area contributed by atoms with Gasteiger partial charge in [-0.15, -0.1) is 0 Å². The monoisotopic (exact) mass is 389 g/mol. The fourth-order valence-corrected chi connectivity index (χ4v) is 4.55. The van der Waals surface area contributed by atoms with E-state index >= 15 is 0 Å². The van der Waals surface area contributed by atoms with Gasteiger partial charge in [0.25, 0.3) is 0 Å². The highest BCUT2D eigenvalue weighted by Crippen LogP contribution is 2.40. The van der Waals surface area contributed by atoms with Gasteiger partial charge >= 0.3 is 6.18 Å². The maximum atomic E-state index is 13.0. The van der Waals surface area contributed by atoms with E-state index < -0.39 is 11.7 Å². The van der Waals surface area contributed by atoms with Crippen molar-refractivity contribution in [1.82, 2.24) is 4.90 Å². The Hall–Kier alpha value is -1.81. The molecule has 0 aromatic heterocycles. The second kappa shape index (κ2) is 9.13. The molecule has 1 aliphatic rings.